The van der Waals surface area contributed by atoms with Gasteiger partial charge in [-0.05, 0) is 25.1 Å². The molecule has 0 aromatic heterocycles. The first-order chi connectivity index (χ1) is 7.39. The number of benzene rings is 1. The maximum Gasteiger partial charge on any atom is 0.341 e. The molecule has 0 aliphatic rings. The zero-order chi connectivity index (χ0) is 12.3. The molecule has 0 unspecified atom stereocenters. The SMILES string of the molecule is CCNc1ccc(S(=O)(=O)C(F)F)cc1N. The molecular formula is C9H12F2N2O2S. The van der Waals surface area contributed by atoms with Crippen molar-refractivity contribution in [3.63, 3.8) is 0 Å². The fourth-order valence-electron chi connectivity index (χ4n) is 1.17. The van der Waals surface area contributed by atoms with Gasteiger partial charge in [0.2, 0.25) is 9.84 Å². The van der Waals surface area contributed by atoms with Crippen LogP contribution in [0.3, 0.4) is 0 Å². The summed E-state index contributed by atoms with van der Waals surface area (Å²) in [5, 5.41) is 2.88. The predicted molar refractivity (Wildman–Crippen MR) is 58.2 cm³/mol. The van der Waals surface area contributed by atoms with Gasteiger partial charge in [-0.3, -0.25) is 0 Å². The highest BCUT2D eigenvalue weighted by Crippen LogP contribution is 2.25. The highest BCUT2D eigenvalue weighted by atomic mass is 32.2. The molecule has 0 saturated heterocycles. The molecule has 0 spiro atoms. The summed E-state index contributed by atoms with van der Waals surface area (Å²) in [4.78, 5) is -0.471. The second-order valence-electron chi connectivity index (χ2n) is 3.09. The summed E-state index contributed by atoms with van der Waals surface area (Å²) in [6.07, 6.45) is 0. The zero-order valence-corrected chi connectivity index (χ0v) is 9.39. The maximum absolute atomic E-state index is 12.2. The van der Waals surface area contributed by atoms with Gasteiger partial charge in [0, 0.05) is 6.54 Å². The Morgan fingerprint density at radius 2 is 2.06 bits per heavy atom. The third-order valence-corrected chi connectivity index (χ3v) is 3.33. The van der Waals surface area contributed by atoms with E-state index in [4.69, 9.17) is 5.73 Å². The molecule has 0 atom stereocenters. The number of alkyl halides is 2. The number of nitrogen functional groups attached to an aromatic ring is 1. The largest absolute Gasteiger partial charge is 0.397 e. The average Bonchev–Trinajstić information content (AvgIpc) is 2.21. The third-order valence-electron chi connectivity index (χ3n) is 1.95. The molecule has 0 amide bonds. The number of nitrogens with two attached hydrogens (primary N) is 1. The third kappa shape index (κ3) is 2.41. The Morgan fingerprint density at radius 1 is 1.44 bits per heavy atom. The first-order valence-electron chi connectivity index (χ1n) is 4.55. The van der Waals surface area contributed by atoms with Gasteiger partial charge in [-0.15, -0.1) is 0 Å². The minimum absolute atomic E-state index is 0.128. The van der Waals surface area contributed by atoms with Crippen molar-refractivity contribution in [3.8, 4) is 0 Å². The Kier molecular flexibility index (Phi) is 3.69. The quantitative estimate of drug-likeness (QED) is 0.798. The number of hydrogen-bond acceptors (Lipinski definition) is 4. The normalized spacial score (nSPS) is 11.8. The van der Waals surface area contributed by atoms with Crippen LogP contribution < -0.4 is 11.1 Å². The van der Waals surface area contributed by atoms with Crippen molar-refractivity contribution in [2.75, 3.05) is 17.6 Å². The molecule has 1 rings (SSSR count). The number of sulfone groups is 1. The number of hydrogen-bond donors (Lipinski definition) is 2. The molecular weight excluding hydrogens is 238 g/mol. The Bertz CT molecular complexity index is 474. The maximum atomic E-state index is 12.2. The summed E-state index contributed by atoms with van der Waals surface area (Å²) >= 11 is 0. The minimum Gasteiger partial charge on any atom is -0.397 e. The first-order valence-corrected chi connectivity index (χ1v) is 6.09. The van der Waals surface area contributed by atoms with E-state index in [0.29, 0.717) is 12.2 Å². The van der Waals surface area contributed by atoms with E-state index in [-0.39, 0.29) is 5.69 Å². The van der Waals surface area contributed by atoms with Crippen molar-refractivity contribution >= 4 is 21.2 Å². The van der Waals surface area contributed by atoms with Gasteiger partial charge in [0.1, 0.15) is 0 Å². The summed E-state index contributed by atoms with van der Waals surface area (Å²) in [5.74, 6) is -3.43. The lowest BCUT2D eigenvalue weighted by molar-refractivity contribution is 0.235. The summed E-state index contributed by atoms with van der Waals surface area (Å²) in [6.45, 7) is 2.44. The molecule has 0 fully saturated rings. The van der Waals surface area contributed by atoms with Gasteiger partial charge in [0.15, 0.2) is 0 Å². The van der Waals surface area contributed by atoms with Crippen LogP contribution in [0.25, 0.3) is 0 Å². The smallest absolute Gasteiger partial charge is 0.341 e. The Labute approximate surface area is 92.4 Å². The van der Waals surface area contributed by atoms with Crippen LogP contribution in [0.15, 0.2) is 23.1 Å². The van der Waals surface area contributed by atoms with E-state index in [1.165, 1.54) is 6.07 Å². The van der Waals surface area contributed by atoms with Gasteiger partial charge in [0.25, 0.3) is 0 Å². The highest BCUT2D eigenvalue weighted by Gasteiger charge is 2.26. The second kappa shape index (κ2) is 4.65. The summed E-state index contributed by atoms with van der Waals surface area (Å²) in [5.41, 5.74) is 6.18. The van der Waals surface area contributed by atoms with Crippen molar-refractivity contribution in [2.45, 2.75) is 17.6 Å². The van der Waals surface area contributed by atoms with Crippen LogP contribution in [0.4, 0.5) is 20.2 Å². The van der Waals surface area contributed by atoms with Gasteiger partial charge in [-0.1, -0.05) is 0 Å². The van der Waals surface area contributed by atoms with E-state index in [0.717, 1.165) is 12.1 Å². The van der Waals surface area contributed by atoms with Gasteiger partial charge < -0.3 is 11.1 Å². The summed E-state index contributed by atoms with van der Waals surface area (Å²) < 4.78 is 46.7. The zero-order valence-electron chi connectivity index (χ0n) is 8.57. The number of halogens is 2. The van der Waals surface area contributed by atoms with Crippen molar-refractivity contribution in [1.29, 1.82) is 0 Å². The molecule has 90 valence electrons. The second-order valence-corrected chi connectivity index (χ2v) is 5.00. The van der Waals surface area contributed by atoms with Gasteiger partial charge in [0.05, 0.1) is 16.3 Å². The Balaban J connectivity index is 3.16. The molecule has 0 saturated carbocycles. The Morgan fingerprint density at radius 3 is 2.50 bits per heavy atom. The first kappa shape index (κ1) is 12.7. The lowest BCUT2D eigenvalue weighted by atomic mass is 10.2. The van der Waals surface area contributed by atoms with E-state index in [2.05, 4.69) is 5.32 Å². The van der Waals surface area contributed by atoms with Crippen molar-refractivity contribution in [1.82, 2.24) is 0 Å². The molecule has 0 heterocycles. The molecule has 3 N–H and O–H groups in total. The van der Waals surface area contributed by atoms with E-state index < -0.39 is 20.5 Å². The topological polar surface area (TPSA) is 72.2 Å². The van der Waals surface area contributed by atoms with E-state index in [1.807, 2.05) is 6.92 Å². The van der Waals surface area contributed by atoms with Crippen LogP contribution in [0.1, 0.15) is 6.92 Å². The standard InChI is InChI=1S/C9H12F2N2O2S/c1-2-13-8-4-3-6(5-7(8)12)16(14,15)9(10)11/h3-5,9,13H,2,12H2,1H3. The van der Waals surface area contributed by atoms with E-state index >= 15 is 0 Å². The van der Waals surface area contributed by atoms with Crippen LogP contribution in [0.2, 0.25) is 0 Å². The van der Waals surface area contributed by atoms with E-state index in [9.17, 15) is 17.2 Å². The number of nitrogens with one attached hydrogen (secondary N) is 1. The van der Waals surface area contributed by atoms with Crippen LogP contribution in [-0.4, -0.2) is 20.7 Å². The summed E-state index contributed by atoms with van der Waals surface area (Å²) in [7, 11) is -4.57. The van der Waals surface area contributed by atoms with Crippen LogP contribution >= 0.6 is 0 Å². The monoisotopic (exact) mass is 250 g/mol. The fraction of sp³-hybridized carbons (Fsp3) is 0.333. The molecule has 0 aliphatic heterocycles. The average molecular weight is 250 g/mol. The molecule has 0 aliphatic carbocycles. The van der Waals surface area contributed by atoms with Crippen molar-refractivity contribution < 1.29 is 17.2 Å². The lowest BCUT2D eigenvalue weighted by Crippen LogP contribution is -2.12. The Hall–Kier alpha value is -1.37. The molecule has 16 heavy (non-hydrogen) atoms. The van der Waals surface area contributed by atoms with E-state index in [1.54, 1.807) is 0 Å². The number of rotatable bonds is 4. The lowest BCUT2D eigenvalue weighted by Gasteiger charge is -2.09. The van der Waals surface area contributed by atoms with Gasteiger partial charge in [-0.2, -0.15) is 8.78 Å². The van der Waals surface area contributed by atoms with Gasteiger partial charge in [-0.25, -0.2) is 8.42 Å². The molecule has 1 aromatic rings. The fourth-order valence-corrected chi connectivity index (χ4v) is 1.93. The predicted octanol–water partition coefficient (Wildman–Crippen LogP) is 1.70. The van der Waals surface area contributed by atoms with Crippen molar-refractivity contribution in [3.05, 3.63) is 18.2 Å². The van der Waals surface area contributed by atoms with Crippen LogP contribution in [-0.2, 0) is 9.84 Å². The van der Waals surface area contributed by atoms with Crippen LogP contribution in [0.5, 0.6) is 0 Å². The molecule has 4 nitrogen and oxygen atoms in total. The molecule has 1 aromatic carbocycles. The molecule has 0 bridgehead atoms. The minimum atomic E-state index is -4.57. The van der Waals surface area contributed by atoms with Crippen molar-refractivity contribution in [2.24, 2.45) is 0 Å². The van der Waals surface area contributed by atoms with Crippen LogP contribution in [0, 0.1) is 0 Å². The molecule has 0 radical (unpaired) electrons. The highest BCUT2D eigenvalue weighted by molar-refractivity contribution is 7.91. The number of anilines is 2. The molecule has 7 heteroatoms. The summed E-state index contributed by atoms with van der Waals surface area (Å²) in [6, 6.07) is 3.50. The van der Waals surface area contributed by atoms with Gasteiger partial charge >= 0.3 is 5.76 Å².